The number of ether oxygens (including phenoxy) is 1. The van der Waals surface area contributed by atoms with Crippen molar-refractivity contribution in [2.75, 3.05) is 19.5 Å². The highest BCUT2D eigenvalue weighted by Gasteiger charge is 2.13. The van der Waals surface area contributed by atoms with Crippen LogP contribution < -0.4 is 5.73 Å². The van der Waals surface area contributed by atoms with Crippen LogP contribution in [-0.2, 0) is 11.3 Å². The summed E-state index contributed by atoms with van der Waals surface area (Å²) in [5.74, 6) is -1.21. The highest BCUT2D eigenvalue weighted by molar-refractivity contribution is 5.79. The maximum atomic E-state index is 13.4. The van der Waals surface area contributed by atoms with Crippen LogP contribution in [0.1, 0.15) is 0 Å². The van der Waals surface area contributed by atoms with Gasteiger partial charge in [-0.15, -0.1) is 0 Å². The van der Waals surface area contributed by atoms with Gasteiger partial charge in [0.1, 0.15) is 11.3 Å². The Kier molecular flexibility index (Phi) is 2.74. The summed E-state index contributed by atoms with van der Waals surface area (Å²) in [6.07, 6.45) is 0. The van der Waals surface area contributed by atoms with Gasteiger partial charge in [-0.1, -0.05) is 0 Å². The van der Waals surface area contributed by atoms with E-state index >= 15 is 0 Å². The fraction of sp³-hybridized carbons (Fsp3) is 0.300. The highest BCUT2D eigenvalue weighted by Crippen LogP contribution is 2.21. The Hall–Kier alpha value is -1.69. The van der Waals surface area contributed by atoms with Crippen molar-refractivity contribution in [3.8, 4) is 0 Å². The molecule has 0 atom stereocenters. The van der Waals surface area contributed by atoms with E-state index in [1.807, 2.05) is 0 Å². The Morgan fingerprint density at radius 3 is 2.88 bits per heavy atom. The minimum absolute atomic E-state index is 0.0787. The van der Waals surface area contributed by atoms with Crippen LogP contribution in [0.15, 0.2) is 12.1 Å². The van der Waals surface area contributed by atoms with Crippen LogP contribution in [0.25, 0.3) is 11.0 Å². The molecule has 0 radical (unpaired) electrons. The summed E-state index contributed by atoms with van der Waals surface area (Å²) in [5.41, 5.74) is 6.04. The third-order valence-electron chi connectivity index (χ3n) is 2.32. The number of nitrogen functional groups attached to an aromatic ring is 1. The molecule has 0 saturated heterocycles. The average molecular weight is 227 g/mol. The van der Waals surface area contributed by atoms with Crippen molar-refractivity contribution >= 4 is 17.0 Å². The minimum atomic E-state index is -0.710. The summed E-state index contributed by atoms with van der Waals surface area (Å²) in [4.78, 5) is 3.85. The van der Waals surface area contributed by atoms with Gasteiger partial charge in [0.05, 0.1) is 12.1 Å². The first-order valence-corrected chi connectivity index (χ1v) is 4.73. The van der Waals surface area contributed by atoms with E-state index < -0.39 is 11.6 Å². The Balaban J connectivity index is 2.59. The van der Waals surface area contributed by atoms with Crippen molar-refractivity contribution in [3.05, 3.63) is 23.8 Å². The molecule has 1 aromatic carbocycles. The SMILES string of the molecule is COCCn1c(N)nc2c(F)cc(F)cc21. The normalized spacial score (nSPS) is 11.2. The molecule has 0 aliphatic carbocycles. The molecule has 0 aliphatic rings. The van der Waals surface area contributed by atoms with Gasteiger partial charge in [-0.2, -0.15) is 0 Å². The van der Waals surface area contributed by atoms with E-state index in [9.17, 15) is 8.78 Å². The van der Waals surface area contributed by atoms with Crippen LogP contribution in [-0.4, -0.2) is 23.3 Å². The molecule has 2 N–H and O–H groups in total. The van der Waals surface area contributed by atoms with Gasteiger partial charge < -0.3 is 15.0 Å². The quantitative estimate of drug-likeness (QED) is 0.865. The molecule has 0 bridgehead atoms. The smallest absolute Gasteiger partial charge is 0.201 e. The predicted molar refractivity (Wildman–Crippen MR) is 55.9 cm³/mol. The van der Waals surface area contributed by atoms with Gasteiger partial charge in [-0.25, -0.2) is 13.8 Å². The number of hydrogen-bond acceptors (Lipinski definition) is 3. The lowest BCUT2D eigenvalue weighted by molar-refractivity contribution is 0.189. The lowest BCUT2D eigenvalue weighted by Gasteiger charge is -2.05. The zero-order valence-corrected chi connectivity index (χ0v) is 8.70. The van der Waals surface area contributed by atoms with Gasteiger partial charge in [0, 0.05) is 25.8 Å². The third-order valence-corrected chi connectivity index (χ3v) is 2.32. The Morgan fingerprint density at radius 2 is 2.19 bits per heavy atom. The Labute approximate surface area is 90.6 Å². The fourth-order valence-electron chi connectivity index (χ4n) is 1.58. The van der Waals surface area contributed by atoms with Crippen LogP contribution in [0, 0.1) is 11.6 Å². The molecule has 86 valence electrons. The van der Waals surface area contributed by atoms with E-state index in [1.54, 1.807) is 0 Å². The molecule has 16 heavy (non-hydrogen) atoms. The van der Waals surface area contributed by atoms with Crippen LogP contribution in [0.4, 0.5) is 14.7 Å². The van der Waals surface area contributed by atoms with Crippen molar-refractivity contribution in [3.63, 3.8) is 0 Å². The molecule has 4 nitrogen and oxygen atoms in total. The molecule has 0 aliphatic heterocycles. The summed E-state index contributed by atoms with van der Waals surface area (Å²) in [7, 11) is 1.54. The molecule has 0 spiro atoms. The first-order valence-electron chi connectivity index (χ1n) is 4.73. The van der Waals surface area contributed by atoms with Crippen LogP contribution in [0.5, 0.6) is 0 Å². The van der Waals surface area contributed by atoms with E-state index in [-0.39, 0.29) is 11.5 Å². The summed E-state index contributed by atoms with van der Waals surface area (Å²) in [6, 6.07) is 1.99. The number of imidazole rings is 1. The summed E-state index contributed by atoms with van der Waals surface area (Å²) >= 11 is 0. The molecular formula is C10H11F2N3O. The Morgan fingerprint density at radius 1 is 1.44 bits per heavy atom. The molecule has 2 aromatic rings. The topological polar surface area (TPSA) is 53.1 Å². The van der Waals surface area contributed by atoms with E-state index in [2.05, 4.69) is 4.98 Å². The van der Waals surface area contributed by atoms with Gasteiger partial charge in [-0.05, 0) is 0 Å². The zero-order valence-electron chi connectivity index (χ0n) is 8.70. The maximum Gasteiger partial charge on any atom is 0.201 e. The molecule has 0 unspecified atom stereocenters. The second-order valence-electron chi connectivity index (χ2n) is 3.37. The molecule has 6 heteroatoms. The molecule has 0 amide bonds. The number of fused-ring (bicyclic) bond motifs is 1. The van der Waals surface area contributed by atoms with Crippen molar-refractivity contribution in [2.45, 2.75) is 6.54 Å². The lowest BCUT2D eigenvalue weighted by atomic mass is 10.3. The average Bonchev–Trinajstić information content (AvgIpc) is 2.53. The number of hydrogen-bond donors (Lipinski definition) is 1. The molecule has 1 aromatic heterocycles. The van der Waals surface area contributed by atoms with E-state index in [0.717, 1.165) is 6.07 Å². The van der Waals surface area contributed by atoms with Gasteiger partial charge in [0.25, 0.3) is 0 Å². The largest absolute Gasteiger partial charge is 0.383 e. The number of nitrogens with zero attached hydrogens (tertiary/aromatic N) is 2. The predicted octanol–water partition coefficient (Wildman–Crippen LogP) is 1.54. The zero-order chi connectivity index (χ0) is 11.7. The third kappa shape index (κ3) is 1.71. The van der Waals surface area contributed by atoms with E-state index in [0.29, 0.717) is 18.7 Å². The molecule has 2 rings (SSSR count). The summed E-state index contributed by atoms with van der Waals surface area (Å²) in [6.45, 7) is 0.801. The second kappa shape index (κ2) is 4.05. The van der Waals surface area contributed by atoms with Crippen LogP contribution in [0.2, 0.25) is 0 Å². The van der Waals surface area contributed by atoms with Crippen molar-refractivity contribution in [1.82, 2.24) is 9.55 Å². The van der Waals surface area contributed by atoms with Crippen molar-refractivity contribution in [2.24, 2.45) is 0 Å². The number of anilines is 1. The summed E-state index contributed by atoms with van der Waals surface area (Å²) in [5, 5.41) is 0. The van der Waals surface area contributed by atoms with E-state index in [1.165, 1.54) is 17.7 Å². The van der Waals surface area contributed by atoms with Crippen molar-refractivity contribution in [1.29, 1.82) is 0 Å². The maximum absolute atomic E-state index is 13.4. The lowest BCUT2D eigenvalue weighted by Crippen LogP contribution is -2.07. The molecular weight excluding hydrogens is 216 g/mol. The molecule has 0 saturated carbocycles. The number of halogens is 2. The standard InChI is InChI=1S/C10H11F2N3O/c1-16-3-2-15-8-5-6(11)4-7(12)9(8)14-10(15)13/h4-5H,2-3H2,1H3,(H2,13,14). The second-order valence-corrected chi connectivity index (χ2v) is 3.37. The first-order chi connectivity index (χ1) is 7.63. The number of rotatable bonds is 3. The number of nitrogens with two attached hydrogens (primary N) is 1. The van der Waals surface area contributed by atoms with Gasteiger partial charge >= 0.3 is 0 Å². The molecule has 0 fully saturated rings. The number of methoxy groups -OCH3 is 1. The van der Waals surface area contributed by atoms with Crippen molar-refractivity contribution < 1.29 is 13.5 Å². The number of benzene rings is 1. The highest BCUT2D eigenvalue weighted by atomic mass is 19.1. The first kappa shape index (κ1) is 10.8. The fourth-order valence-corrected chi connectivity index (χ4v) is 1.58. The van der Waals surface area contributed by atoms with E-state index in [4.69, 9.17) is 10.5 Å². The van der Waals surface area contributed by atoms with Gasteiger partial charge in [0.15, 0.2) is 5.82 Å². The van der Waals surface area contributed by atoms with Gasteiger partial charge in [0.2, 0.25) is 5.95 Å². The number of aromatic nitrogens is 2. The monoisotopic (exact) mass is 227 g/mol. The summed E-state index contributed by atoms with van der Waals surface area (Å²) < 4.78 is 32.8. The van der Waals surface area contributed by atoms with Gasteiger partial charge in [-0.3, -0.25) is 0 Å². The van der Waals surface area contributed by atoms with Crippen LogP contribution in [0.3, 0.4) is 0 Å². The van der Waals surface area contributed by atoms with Crippen LogP contribution >= 0.6 is 0 Å². The minimum Gasteiger partial charge on any atom is -0.383 e. The Bertz CT molecular complexity index is 524. The molecule has 1 heterocycles.